The highest BCUT2D eigenvalue weighted by molar-refractivity contribution is 6.09. The number of phenolic OH excluding ortho intramolecular Hbond substituents is 3. The molecular formula is C25H30O5. The van der Waals surface area contributed by atoms with E-state index in [-0.39, 0.29) is 22.8 Å². The van der Waals surface area contributed by atoms with Gasteiger partial charge >= 0.3 is 0 Å². The molecule has 0 saturated carbocycles. The smallest absolute Gasteiger partial charge is 0.193 e. The molecule has 4 N–H and O–H groups in total. The molecule has 160 valence electrons. The number of aromatic hydroxyl groups is 3. The normalized spacial score (nSPS) is 22.1. The van der Waals surface area contributed by atoms with Gasteiger partial charge in [0.1, 0.15) is 22.8 Å². The van der Waals surface area contributed by atoms with Gasteiger partial charge in [0.2, 0.25) is 0 Å². The van der Waals surface area contributed by atoms with Crippen molar-refractivity contribution in [2.24, 2.45) is 5.92 Å². The van der Waals surface area contributed by atoms with E-state index in [0.717, 1.165) is 36.5 Å². The van der Waals surface area contributed by atoms with Gasteiger partial charge < -0.3 is 20.4 Å². The molecule has 0 bridgehead atoms. The van der Waals surface area contributed by atoms with Crippen molar-refractivity contribution in [1.82, 2.24) is 0 Å². The summed E-state index contributed by atoms with van der Waals surface area (Å²) >= 11 is 0. The first-order valence-electron chi connectivity index (χ1n) is 10.4. The van der Waals surface area contributed by atoms with E-state index in [1.54, 1.807) is 19.9 Å². The van der Waals surface area contributed by atoms with Crippen molar-refractivity contribution in [2.45, 2.75) is 58.0 Å². The third-order valence-electron chi connectivity index (χ3n) is 5.98. The molecule has 0 fully saturated rings. The van der Waals surface area contributed by atoms with Gasteiger partial charge in [-0.05, 0) is 64.0 Å². The zero-order valence-electron chi connectivity index (χ0n) is 17.7. The highest BCUT2D eigenvalue weighted by atomic mass is 16.3. The summed E-state index contributed by atoms with van der Waals surface area (Å²) in [4.78, 5) is 12.8. The highest BCUT2D eigenvalue weighted by Gasteiger charge is 2.39. The van der Waals surface area contributed by atoms with Gasteiger partial charge in [0.15, 0.2) is 5.78 Å². The van der Waals surface area contributed by atoms with Crippen LogP contribution in [0.25, 0.3) is 0 Å². The fraction of sp³-hybridized carbons (Fsp3) is 0.400. The van der Waals surface area contributed by atoms with Crippen LogP contribution in [0.15, 0.2) is 53.7 Å². The lowest BCUT2D eigenvalue weighted by molar-refractivity contribution is 0.00420. The molecule has 3 rings (SSSR count). The molecule has 0 spiro atoms. The summed E-state index contributed by atoms with van der Waals surface area (Å²) in [5.74, 6) is -2.53. The van der Waals surface area contributed by atoms with Crippen LogP contribution in [-0.4, -0.2) is 31.8 Å². The molecule has 30 heavy (non-hydrogen) atoms. The van der Waals surface area contributed by atoms with Gasteiger partial charge in [-0.1, -0.05) is 36.0 Å². The average molecular weight is 411 g/mol. The van der Waals surface area contributed by atoms with Gasteiger partial charge in [-0.25, -0.2) is 0 Å². The number of carbonyl (C=O) groups excluding carboxylic acids is 1. The Bertz CT molecular complexity index is 957. The Balaban J connectivity index is 2.05. The second-order valence-corrected chi connectivity index (χ2v) is 8.77. The van der Waals surface area contributed by atoms with Crippen LogP contribution in [0.4, 0.5) is 0 Å². The molecular weight excluding hydrogens is 380 g/mol. The summed E-state index contributed by atoms with van der Waals surface area (Å²) in [6.45, 7) is 5.37. The molecule has 0 saturated heterocycles. The molecule has 0 amide bonds. The summed E-state index contributed by atoms with van der Waals surface area (Å²) in [6.07, 6.45) is 14.2. The minimum absolute atomic E-state index is 0.160. The minimum atomic E-state index is -1.05. The second kappa shape index (κ2) is 8.52. The fourth-order valence-electron chi connectivity index (χ4n) is 4.39. The molecule has 0 aliphatic heterocycles. The van der Waals surface area contributed by atoms with Gasteiger partial charge in [0, 0.05) is 17.5 Å². The third-order valence-corrected chi connectivity index (χ3v) is 5.98. The van der Waals surface area contributed by atoms with Crippen molar-refractivity contribution in [1.29, 1.82) is 0 Å². The summed E-state index contributed by atoms with van der Waals surface area (Å²) in [5.41, 5.74) is 0.831. The molecule has 2 unspecified atom stereocenters. The van der Waals surface area contributed by atoms with Crippen LogP contribution in [0, 0.1) is 5.92 Å². The molecule has 5 heteroatoms. The monoisotopic (exact) mass is 410 g/mol. The van der Waals surface area contributed by atoms with Crippen molar-refractivity contribution in [3.63, 3.8) is 0 Å². The van der Waals surface area contributed by atoms with Crippen molar-refractivity contribution >= 4 is 5.78 Å². The van der Waals surface area contributed by atoms with E-state index >= 15 is 0 Å². The first-order chi connectivity index (χ1) is 14.1. The van der Waals surface area contributed by atoms with Crippen molar-refractivity contribution in [2.75, 3.05) is 0 Å². The van der Waals surface area contributed by atoms with E-state index in [1.807, 2.05) is 31.2 Å². The Morgan fingerprint density at radius 1 is 1.17 bits per heavy atom. The summed E-state index contributed by atoms with van der Waals surface area (Å²) in [5, 5.41) is 42.5. The molecule has 0 radical (unpaired) electrons. The predicted molar refractivity (Wildman–Crippen MR) is 117 cm³/mol. The summed E-state index contributed by atoms with van der Waals surface area (Å²) in [7, 11) is 0. The number of phenols is 3. The quantitative estimate of drug-likeness (QED) is 0.310. The van der Waals surface area contributed by atoms with Crippen LogP contribution in [0.1, 0.15) is 68.3 Å². The van der Waals surface area contributed by atoms with E-state index in [1.165, 1.54) is 6.08 Å². The van der Waals surface area contributed by atoms with Crippen LogP contribution in [0.3, 0.4) is 0 Å². The van der Waals surface area contributed by atoms with E-state index in [9.17, 15) is 25.2 Å². The first kappa shape index (κ1) is 21.9. The highest BCUT2D eigenvalue weighted by Crippen LogP contribution is 2.50. The topological polar surface area (TPSA) is 98.0 Å². The van der Waals surface area contributed by atoms with E-state index in [4.69, 9.17) is 0 Å². The molecule has 5 nitrogen and oxygen atoms in total. The third kappa shape index (κ3) is 4.51. The van der Waals surface area contributed by atoms with Crippen molar-refractivity contribution < 1.29 is 25.2 Å². The van der Waals surface area contributed by atoms with Crippen LogP contribution in [-0.2, 0) is 0 Å². The number of allylic oxidation sites excluding steroid dienone is 8. The maximum atomic E-state index is 12.8. The van der Waals surface area contributed by atoms with Gasteiger partial charge in [-0.3, -0.25) is 4.79 Å². The molecule has 0 aromatic heterocycles. The maximum absolute atomic E-state index is 12.8. The SMILES string of the molecule is CC1=CC(c2c(O)cc(O)c(C(=O)/C=C/C3=CCCC=C3)c2O)C(C(C)(C)O)CC1. The molecule has 2 aliphatic carbocycles. The minimum Gasteiger partial charge on any atom is -0.507 e. The number of carbonyl (C=O) groups is 1. The zero-order chi connectivity index (χ0) is 22.1. The Morgan fingerprint density at radius 3 is 2.53 bits per heavy atom. The van der Waals surface area contributed by atoms with Crippen LogP contribution < -0.4 is 0 Å². The second-order valence-electron chi connectivity index (χ2n) is 8.77. The van der Waals surface area contributed by atoms with Crippen molar-refractivity contribution in [3.8, 4) is 17.2 Å². The van der Waals surface area contributed by atoms with Crippen LogP contribution >= 0.6 is 0 Å². The number of aliphatic hydroxyl groups is 1. The van der Waals surface area contributed by atoms with Crippen molar-refractivity contribution in [3.05, 3.63) is 64.8 Å². The number of ketones is 1. The maximum Gasteiger partial charge on any atom is 0.193 e. The van der Waals surface area contributed by atoms with E-state index < -0.39 is 28.8 Å². The number of hydrogen-bond donors (Lipinski definition) is 4. The lowest BCUT2D eigenvalue weighted by Crippen LogP contribution is -2.36. The zero-order valence-corrected chi connectivity index (χ0v) is 17.7. The molecule has 1 aromatic rings. The lowest BCUT2D eigenvalue weighted by Gasteiger charge is -2.38. The van der Waals surface area contributed by atoms with Crippen LogP contribution in [0.2, 0.25) is 0 Å². The molecule has 1 aromatic carbocycles. The molecule has 2 atom stereocenters. The fourth-order valence-corrected chi connectivity index (χ4v) is 4.39. The predicted octanol–water partition coefficient (Wildman–Crippen LogP) is 5.03. The number of rotatable bonds is 5. The standard InChI is InChI=1S/C25H30O5/c1-15-9-11-18(25(2,3)30)17(13-15)22-20(27)14-21(28)23(24(22)29)19(26)12-10-16-7-5-4-6-8-16/h5,7-8,10,12-14,17-18,27-30H,4,6,9,11H2,1-3H3/b12-10+. The Morgan fingerprint density at radius 2 is 1.90 bits per heavy atom. The number of benzene rings is 1. The van der Waals surface area contributed by atoms with E-state index in [0.29, 0.717) is 6.42 Å². The van der Waals surface area contributed by atoms with Gasteiger partial charge in [0.05, 0.1) is 5.60 Å². The first-order valence-corrected chi connectivity index (χ1v) is 10.4. The van der Waals surface area contributed by atoms with Crippen LogP contribution in [0.5, 0.6) is 17.2 Å². The van der Waals surface area contributed by atoms with E-state index in [2.05, 4.69) is 0 Å². The largest absolute Gasteiger partial charge is 0.507 e. The summed E-state index contributed by atoms with van der Waals surface area (Å²) in [6, 6.07) is 1.09. The summed E-state index contributed by atoms with van der Waals surface area (Å²) < 4.78 is 0. The molecule has 0 heterocycles. The molecule has 2 aliphatic rings. The Hall–Kier alpha value is -2.79. The van der Waals surface area contributed by atoms with Gasteiger partial charge in [0.25, 0.3) is 0 Å². The van der Waals surface area contributed by atoms with Gasteiger partial charge in [-0.2, -0.15) is 0 Å². The van der Waals surface area contributed by atoms with Gasteiger partial charge in [-0.15, -0.1) is 0 Å². The Labute approximate surface area is 177 Å². The number of hydrogen-bond acceptors (Lipinski definition) is 5. The lowest BCUT2D eigenvalue weighted by atomic mass is 9.69. The average Bonchev–Trinajstić information content (AvgIpc) is 2.66. The Kier molecular flexibility index (Phi) is 6.22.